The molecule has 0 radical (unpaired) electrons. The van der Waals surface area contributed by atoms with Gasteiger partial charge in [-0.1, -0.05) is 35.6 Å². The lowest BCUT2D eigenvalue weighted by molar-refractivity contribution is 0.0342. The molecule has 1 aromatic heterocycles. The molecule has 0 bridgehead atoms. The number of nitrogens with zero attached hydrogens (tertiary/aromatic N) is 2. The lowest BCUT2D eigenvalue weighted by Crippen LogP contribution is -2.35. The molecular formula is C22H27N3O4S2. The van der Waals surface area contributed by atoms with E-state index in [9.17, 15) is 13.2 Å². The van der Waals surface area contributed by atoms with Gasteiger partial charge in [0, 0.05) is 32.2 Å². The van der Waals surface area contributed by atoms with E-state index in [4.69, 9.17) is 4.74 Å². The van der Waals surface area contributed by atoms with Gasteiger partial charge in [0.15, 0.2) is 0 Å². The predicted molar refractivity (Wildman–Crippen MR) is 123 cm³/mol. The highest BCUT2D eigenvalue weighted by Gasteiger charge is 2.18. The van der Waals surface area contributed by atoms with Crippen LogP contribution in [0, 0.1) is 0 Å². The van der Waals surface area contributed by atoms with Crippen LogP contribution in [0.4, 0.5) is 0 Å². The highest BCUT2D eigenvalue weighted by molar-refractivity contribution is 7.89. The molecule has 0 unspecified atom stereocenters. The van der Waals surface area contributed by atoms with Crippen molar-refractivity contribution in [1.29, 1.82) is 0 Å². The van der Waals surface area contributed by atoms with Crippen molar-refractivity contribution < 1.29 is 13.2 Å². The molecule has 0 amide bonds. The number of aromatic nitrogens is 1. The summed E-state index contributed by atoms with van der Waals surface area (Å²) in [7, 11) is -3.70. The van der Waals surface area contributed by atoms with Crippen LogP contribution in [0.2, 0.25) is 0 Å². The minimum Gasteiger partial charge on any atom is -0.379 e. The number of rotatable bonds is 7. The molecule has 7 nitrogen and oxygen atoms in total. The fourth-order valence-corrected chi connectivity index (χ4v) is 5.96. The summed E-state index contributed by atoms with van der Waals surface area (Å²) in [6.45, 7) is 8.22. The van der Waals surface area contributed by atoms with Crippen molar-refractivity contribution in [3.05, 3.63) is 63.3 Å². The summed E-state index contributed by atoms with van der Waals surface area (Å²) in [5.74, 6) is 0. The first kappa shape index (κ1) is 22.2. The van der Waals surface area contributed by atoms with Crippen molar-refractivity contribution in [2.24, 2.45) is 0 Å². The molecule has 1 aliphatic heterocycles. The molecule has 1 saturated heterocycles. The molecule has 0 aliphatic carbocycles. The number of sulfonamides is 1. The largest absolute Gasteiger partial charge is 0.379 e. The van der Waals surface area contributed by atoms with Crippen molar-refractivity contribution in [2.75, 3.05) is 26.3 Å². The topological polar surface area (TPSA) is 80.6 Å². The fraction of sp³-hybridized carbons (Fsp3) is 0.409. The van der Waals surface area contributed by atoms with E-state index in [1.165, 1.54) is 0 Å². The number of hydrogen-bond donors (Lipinski definition) is 1. The molecule has 4 rings (SSSR count). The minimum absolute atomic E-state index is 0.0200. The molecule has 1 fully saturated rings. The van der Waals surface area contributed by atoms with Crippen LogP contribution in [0.25, 0.3) is 10.2 Å². The van der Waals surface area contributed by atoms with Gasteiger partial charge < -0.3 is 4.74 Å². The lowest BCUT2D eigenvalue weighted by Gasteiger charge is -2.26. The Morgan fingerprint density at radius 1 is 1.10 bits per heavy atom. The minimum atomic E-state index is -3.70. The standard InChI is InChI=1S/C22H27N3O4S2/c1-16(2)25-20-7-6-19(13-21(20)30-22(25)26)31(27,28)23-14-17-4-3-5-18(12-17)15-24-8-10-29-11-9-24/h3-7,12-13,16,23H,8-11,14-15H2,1-2H3. The van der Waals surface area contributed by atoms with E-state index in [1.54, 1.807) is 22.8 Å². The van der Waals surface area contributed by atoms with E-state index < -0.39 is 10.0 Å². The fourth-order valence-electron chi connectivity index (χ4n) is 3.79. The Morgan fingerprint density at radius 3 is 2.58 bits per heavy atom. The second-order valence-corrected chi connectivity index (χ2v) is 10.8. The second kappa shape index (κ2) is 9.22. The van der Waals surface area contributed by atoms with Gasteiger partial charge in [0.2, 0.25) is 10.0 Å². The molecule has 1 aliphatic rings. The van der Waals surface area contributed by atoms with Gasteiger partial charge in [0.25, 0.3) is 0 Å². The molecule has 1 N–H and O–H groups in total. The van der Waals surface area contributed by atoms with Gasteiger partial charge in [-0.3, -0.25) is 14.3 Å². The van der Waals surface area contributed by atoms with Crippen LogP contribution in [0.3, 0.4) is 0 Å². The van der Waals surface area contributed by atoms with Gasteiger partial charge in [-0.25, -0.2) is 13.1 Å². The van der Waals surface area contributed by atoms with Gasteiger partial charge in [-0.15, -0.1) is 0 Å². The van der Waals surface area contributed by atoms with Crippen molar-refractivity contribution in [2.45, 2.75) is 37.9 Å². The van der Waals surface area contributed by atoms with Crippen LogP contribution in [0.5, 0.6) is 0 Å². The Bertz CT molecular complexity index is 1230. The summed E-state index contributed by atoms with van der Waals surface area (Å²) in [6.07, 6.45) is 0. The highest BCUT2D eigenvalue weighted by Crippen LogP contribution is 2.24. The first-order valence-electron chi connectivity index (χ1n) is 10.4. The van der Waals surface area contributed by atoms with E-state index in [0.717, 1.165) is 60.8 Å². The van der Waals surface area contributed by atoms with Crippen LogP contribution in [-0.2, 0) is 27.8 Å². The molecule has 9 heteroatoms. The van der Waals surface area contributed by atoms with E-state index >= 15 is 0 Å². The summed E-state index contributed by atoms with van der Waals surface area (Å²) >= 11 is 1.07. The number of morpholine rings is 1. The molecule has 0 saturated carbocycles. The molecule has 0 atom stereocenters. The molecular weight excluding hydrogens is 434 g/mol. The highest BCUT2D eigenvalue weighted by atomic mass is 32.2. The first-order valence-corrected chi connectivity index (χ1v) is 12.7. The van der Waals surface area contributed by atoms with Gasteiger partial charge in [0.05, 0.1) is 28.3 Å². The molecule has 2 heterocycles. The molecule has 31 heavy (non-hydrogen) atoms. The zero-order chi connectivity index (χ0) is 22.0. The maximum Gasteiger partial charge on any atom is 0.308 e. The smallest absolute Gasteiger partial charge is 0.308 e. The van der Waals surface area contributed by atoms with E-state index in [2.05, 4.69) is 15.7 Å². The summed E-state index contributed by atoms with van der Waals surface area (Å²) < 4.78 is 36.2. The maximum atomic E-state index is 12.9. The zero-order valence-electron chi connectivity index (χ0n) is 17.7. The average Bonchev–Trinajstić information content (AvgIpc) is 3.08. The Hall–Kier alpha value is -2.04. The third-order valence-corrected chi connectivity index (χ3v) is 7.70. The summed E-state index contributed by atoms with van der Waals surface area (Å²) in [6, 6.07) is 12.8. The van der Waals surface area contributed by atoms with Gasteiger partial charge in [-0.2, -0.15) is 0 Å². The first-order chi connectivity index (χ1) is 14.8. The van der Waals surface area contributed by atoms with Crippen molar-refractivity contribution in [1.82, 2.24) is 14.2 Å². The third-order valence-electron chi connectivity index (χ3n) is 5.38. The Morgan fingerprint density at radius 2 is 1.84 bits per heavy atom. The van der Waals surface area contributed by atoms with Gasteiger partial charge >= 0.3 is 4.87 Å². The number of benzene rings is 2. The number of thiazole rings is 1. The van der Waals surface area contributed by atoms with Crippen LogP contribution in [-0.4, -0.2) is 44.2 Å². The van der Waals surface area contributed by atoms with E-state index in [1.807, 2.05) is 32.0 Å². The van der Waals surface area contributed by atoms with Crippen molar-refractivity contribution in [3.8, 4) is 0 Å². The number of hydrogen-bond acceptors (Lipinski definition) is 6. The number of nitrogens with one attached hydrogen (secondary N) is 1. The Labute approximate surface area is 186 Å². The van der Waals surface area contributed by atoms with Gasteiger partial charge in [0.1, 0.15) is 0 Å². The van der Waals surface area contributed by atoms with E-state index in [-0.39, 0.29) is 22.4 Å². The number of ether oxygens (including phenoxy) is 1. The summed E-state index contributed by atoms with van der Waals surface area (Å²) in [4.78, 5) is 14.7. The Kier molecular flexibility index (Phi) is 6.59. The summed E-state index contributed by atoms with van der Waals surface area (Å²) in [5.41, 5.74) is 2.82. The van der Waals surface area contributed by atoms with Crippen molar-refractivity contribution in [3.63, 3.8) is 0 Å². The van der Waals surface area contributed by atoms with Crippen molar-refractivity contribution >= 4 is 31.6 Å². The molecule has 3 aromatic rings. The summed E-state index contributed by atoms with van der Waals surface area (Å²) in [5, 5.41) is 0. The quantitative estimate of drug-likeness (QED) is 0.585. The van der Waals surface area contributed by atoms with Crippen LogP contribution in [0.1, 0.15) is 31.0 Å². The molecule has 2 aromatic carbocycles. The second-order valence-electron chi connectivity index (χ2n) is 7.99. The normalized spacial score (nSPS) is 15.7. The molecule has 0 spiro atoms. The van der Waals surface area contributed by atoms with Crippen LogP contribution < -0.4 is 9.60 Å². The average molecular weight is 462 g/mol. The zero-order valence-corrected chi connectivity index (χ0v) is 19.3. The predicted octanol–water partition coefficient (Wildman–Crippen LogP) is 2.95. The lowest BCUT2D eigenvalue weighted by atomic mass is 10.1. The monoisotopic (exact) mass is 461 g/mol. The third kappa shape index (κ3) is 5.07. The Balaban J connectivity index is 1.48. The molecule has 166 valence electrons. The van der Waals surface area contributed by atoms with E-state index in [0.29, 0.717) is 4.70 Å². The maximum absolute atomic E-state index is 12.9. The van der Waals surface area contributed by atoms with Gasteiger partial charge in [-0.05, 0) is 43.2 Å². The SMILES string of the molecule is CC(C)n1c(=O)sc2cc(S(=O)(=O)NCc3cccc(CN4CCOCC4)c3)ccc21. The number of fused-ring (bicyclic) bond motifs is 1. The van der Waals surface area contributed by atoms with Crippen LogP contribution in [0.15, 0.2) is 52.2 Å². The van der Waals surface area contributed by atoms with Crippen LogP contribution >= 0.6 is 11.3 Å².